The minimum atomic E-state index is -3.07. The van der Waals surface area contributed by atoms with Crippen LogP contribution in [0.3, 0.4) is 0 Å². The number of carbonyl (C=O) groups excluding carboxylic acids is 1. The first-order chi connectivity index (χ1) is 14.8. The molecule has 10 heteroatoms. The van der Waals surface area contributed by atoms with E-state index in [-0.39, 0.29) is 23.5 Å². The molecule has 0 aliphatic carbocycles. The first kappa shape index (κ1) is 20.6. The Kier molecular flexibility index (Phi) is 5.10. The summed E-state index contributed by atoms with van der Waals surface area (Å²) in [7, 11) is -1.01. The number of hydrogen-bond acceptors (Lipinski definition) is 7. The molecular formula is C21H25N5O3S2. The maximum Gasteiger partial charge on any atom is 0.254 e. The largest absolute Gasteiger partial charge is 0.336 e. The van der Waals surface area contributed by atoms with Crippen molar-refractivity contribution in [2.24, 2.45) is 0 Å². The van der Waals surface area contributed by atoms with Crippen molar-refractivity contribution in [2.45, 2.75) is 19.4 Å². The van der Waals surface area contributed by atoms with Crippen LogP contribution in [0.5, 0.6) is 0 Å². The van der Waals surface area contributed by atoms with E-state index in [2.05, 4.69) is 17.0 Å². The van der Waals surface area contributed by atoms with E-state index in [1.54, 1.807) is 16.0 Å². The lowest BCUT2D eigenvalue weighted by Crippen LogP contribution is -2.47. The molecule has 0 bridgehead atoms. The standard InChI is InChI=1S/C21H25N5O3S2/c1-14-19-16(21(27)25-8-6-24(2)7-9-25)12-17(18-4-3-10-30-18)22-20(19)26(23-14)15-5-11-31(28,29)13-15/h3-4,10,12,15H,5-9,11,13H2,1-2H3. The number of fused-ring (bicyclic) bond motifs is 1. The third kappa shape index (κ3) is 3.77. The number of thiophene rings is 1. The lowest BCUT2D eigenvalue weighted by molar-refractivity contribution is 0.0666. The van der Waals surface area contributed by atoms with Gasteiger partial charge in [-0.15, -0.1) is 11.3 Å². The van der Waals surface area contributed by atoms with E-state index in [1.807, 2.05) is 35.4 Å². The number of hydrogen-bond donors (Lipinski definition) is 0. The SMILES string of the molecule is Cc1nn(C2CCS(=O)(=O)C2)c2nc(-c3cccs3)cc(C(=O)N3CCN(C)CC3)c12. The van der Waals surface area contributed by atoms with Crippen LogP contribution >= 0.6 is 11.3 Å². The van der Waals surface area contributed by atoms with Crippen LogP contribution in [0.4, 0.5) is 0 Å². The second kappa shape index (κ2) is 7.68. The van der Waals surface area contributed by atoms with Crippen LogP contribution in [0.1, 0.15) is 28.5 Å². The van der Waals surface area contributed by atoms with Crippen molar-refractivity contribution in [3.63, 3.8) is 0 Å². The van der Waals surface area contributed by atoms with Crippen molar-refractivity contribution in [3.05, 3.63) is 34.8 Å². The Bertz CT molecular complexity index is 1240. The molecule has 1 atom stereocenters. The zero-order chi connectivity index (χ0) is 21.8. The summed E-state index contributed by atoms with van der Waals surface area (Å²) in [4.78, 5) is 23.5. The molecule has 164 valence electrons. The zero-order valence-corrected chi connectivity index (χ0v) is 19.2. The number of aryl methyl sites for hydroxylation is 1. The van der Waals surface area contributed by atoms with Crippen molar-refractivity contribution < 1.29 is 13.2 Å². The molecule has 2 aliphatic rings. The Morgan fingerprint density at radius 1 is 1.23 bits per heavy atom. The van der Waals surface area contributed by atoms with E-state index in [1.165, 1.54) is 0 Å². The lowest BCUT2D eigenvalue weighted by Gasteiger charge is -2.32. The molecule has 0 spiro atoms. The molecule has 0 aromatic carbocycles. The van der Waals surface area contributed by atoms with Gasteiger partial charge in [0.15, 0.2) is 15.5 Å². The summed E-state index contributed by atoms with van der Waals surface area (Å²) >= 11 is 1.57. The van der Waals surface area contributed by atoms with Crippen LogP contribution in [-0.2, 0) is 9.84 Å². The zero-order valence-electron chi connectivity index (χ0n) is 17.6. The Morgan fingerprint density at radius 2 is 2.00 bits per heavy atom. The Balaban J connectivity index is 1.66. The summed E-state index contributed by atoms with van der Waals surface area (Å²) in [6.07, 6.45) is 0.519. The van der Waals surface area contributed by atoms with Gasteiger partial charge in [-0.1, -0.05) is 6.07 Å². The topological polar surface area (TPSA) is 88.4 Å². The molecule has 1 amide bonds. The van der Waals surface area contributed by atoms with Gasteiger partial charge in [0.1, 0.15) is 0 Å². The molecule has 1 unspecified atom stereocenters. The number of rotatable bonds is 3. The number of piperazine rings is 1. The number of sulfone groups is 1. The molecule has 2 saturated heterocycles. The van der Waals surface area contributed by atoms with E-state index in [4.69, 9.17) is 4.98 Å². The third-order valence-electron chi connectivity index (χ3n) is 6.19. The molecule has 2 aliphatic heterocycles. The summed E-state index contributed by atoms with van der Waals surface area (Å²) in [5.41, 5.74) is 2.63. The van der Waals surface area contributed by atoms with E-state index in [9.17, 15) is 13.2 Å². The quantitative estimate of drug-likeness (QED) is 0.597. The average Bonchev–Trinajstić information content (AvgIpc) is 3.47. The fourth-order valence-electron chi connectivity index (χ4n) is 4.43. The predicted molar refractivity (Wildman–Crippen MR) is 121 cm³/mol. The van der Waals surface area contributed by atoms with Gasteiger partial charge in [0.05, 0.1) is 44.8 Å². The molecule has 5 heterocycles. The second-order valence-electron chi connectivity index (χ2n) is 8.41. The van der Waals surface area contributed by atoms with Gasteiger partial charge >= 0.3 is 0 Å². The molecule has 0 saturated carbocycles. The number of likely N-dealkylation sites (N-methyl/N-ethyl adjacent to an activating group) is 1. The van der Waals surface area contributed by atoms with Crippen molar-refractivity contribution in [3.8, 4) is 10.6 Å². The van der Waals surface area contributed by atoms with Gasteiger partial charge in [0, 0.05) is 26.2 Å². The van der Waals surface area contributed by atoms with Crippen LogP contribution in [0.2, 0.25) is 0 Å². The highest BCUT2D eigenvalue weighted by molar-refractivity contribution is 7.91. The summed E-state index contributed by atoms with van der Waals surface area (Å²) < 4.78 is 25.9. The minimum absolute atomic E-state index is 0.0139. The van der Waals surface area contributed by atoms with E-state index < -0.39 is 9.84 Å². The summed E-state index contributed by atoms with van der Waals surface area (Å²) in [6, 6.07) is 5.56. The summed E-state index contributed by atoms with van der Waals surface area (Å²) in [5, 5.41) is 7.39. The van der Waals surface area contributed by atoms with Crippen molar-refractivity contribution in [2.75, 3.05) is 44.7 Å². The fourth-order valence-corrected chi connectivity index (χ4v) is 6.81. The number of aromatic nitrogens is 3. The Labute approximate surface area is 185 Å². The molecular weight excluding hydrogens is 434 g/mol. The van der Waals surface area contributed by atoms with Crippen molar-refractivity contribution >= 4 is 38.1 Å². The second-order valence-corrected chi connectivity index (χ2v) is 11.6. The van der Waals surface area contributed by atoms with Crippen LogP contribution in [0.25, 0.3) is 21.6 Å². The smallest absolute Gasteiger partial charge is 0.254 e. The molecule has 2 fully saturated rings. The van der Waals surface area contributed by atoms with E-state index in [0.717, 1.165) is 29.0 Å². The van der Waals surface area contributed by atoms with Crippen LogP contribution in [0.15, 0.2) is 23.6 Å². The summed E-state index contributed by atoms with van der Waals surface area (Å²) in [5.74, 6) is 0.214. The summed E-state index contributed by atoms with van der Waals surface area (Å²) in [6.45, 7) is 4.92. The molecule has 0 radical (unpaired) electrons. The highest BCUT2D eigenvalue weighted by Gasteiger charge is 2.33. The van der Waals surface area contributed by atoms with Gasteiger partial charge in [-0.2, -0.15) is 5.10 Å². The van der Waals surface area contributed by atoms with Crippen LogP contribution in [-0.4, -0.2) is 83.6 Å². The van der Waals surface area contributed by atoms with Crippen molar-refractivity contribution in [1.29, 1.82) is 0 Å². The fraction of sp³-hybridized carbons (Fsp3) is 0.476. The first-order valence-corrected chi connectivity index (χ1v) is 13.1. The van der Waals surface area contributed by atoms with Crippen molar-refractivity contribution in [1.82, 2.24) is 24.6 Å². The van der Waals surface area contributed by atoms with Gasteiger partial charge in [-0.25, -0.2) is 18.1 Å². The maximum absolute atomic E-state index is 13.6. The van der Waals surface area contributed by atoms with Gasteiger partial charge in [0.25, 0.3) is 5.91 Å². The van der Waals surface area contributed by atoms with Crippen LogP contribution < -0.4 is 0 Å². The molecule has 31 heavy (non-hydrogen) atoms. The average molecular weight is 460 g/mol. The number of nitrogens with zero attached hydrogens (tertiary/aromatic N) is 5. The normalized spacial score (nSPS) is 21.7. The third-order valence-corrected chi connectivity index (χ3v) is 8.83. The van der Waals surface area contributed by atoms with Crippen LogP contribution in [0, 0.1) is 6.92 Å². The Morgan fingerprint density at radius 3 is 2.65 bits per heavy atom. The van der Waals surface area contributed by atoms with E-state index in [0.29, 0.717) is 36.4 Å². The minimum Gasteiger partial charge on any atom is -0.336 e. The molecule has 8 nitrogen and oxygen atoms in total. The molecule has 3 aromatic heterocycles. The number of amides is 1. The van der Waals surface area contributed by atoms with Gasteiger partial charge in [-0.05, 0) is 37.9 Å². The molecule has 0 N–H and O–H groups in total. The predicted octanol–water partition coefficient (Wildman–Crippen LogP) is 2.22. The monoisotopic (exact) mass is 459 g/mol. The molecule has 5 rings (SSSR count). The highest BCUT2D eigenvalue weighted by atomic mass is 32.2. The molecule has 3 aromatic rings. The number of pyridine rings is 1. The highest BCUT2D eigenvalue weighted by Crippen LogP contribution is 2.33. The Hall–Kier alpha value is -2.30. The lowest BCUT2D eigenvalue weighted by atomic mass is 10.1. The van der Waals surface area contributed by atoms with Gasteiger partial charge in [-0.3, -0.25) is 4.79 Å². The number of carbonyl (C=O) groups is 1. The van der Waals surface area contributed by atoms with E-state index >= 15 is 0 Å². The maximum atomic E-state index is 13.6. The van der Waals surface area contributed by atoms with Gasteiger partial charge < -0.3 is 9.80 Å². The van der Waals surface area contributed by atoms with Gasteiger partial charge in [0.2, 0.25) is 0 Å². The first-order valence-electron chi connectivity index (χ1n) is 10.4.